The summed E-state index contributed by atoms with van der Waals surface area (Å²) < 4.78 is 5.34. The van der Waals surface area contributed by atoms with Crippen molar-refractivity contribution in [2.24, 2.45) is 11.3 Å². The summed E-state index contributed by atoms with van der Waals surface area (Å²) in [6.45, 7) is 8.25. The van der Waals surface area contributed by atoms with Crippen LogP contribution in [0.3, 0.4) is 0 Å². The summed E-state index contributed by atoms with van der Waals surface area (Å²) in [5, 5.41) is 8.90. The lowest BCUT2D eigenvalue weighted by molar-refractivity contribution is -0.155. The minimum Gasteiger partial charge on any atom is -0.479 e. The Morgan fingerprint density at radius 2 is 1.60 bits per heavy atom. The van der Waals surface area contributed by atoms with Gasteiger partial charge in [0.05, 0.1) is 0 Å². The molecule has 1 N–H and O–H groups in total. The van der Waals surface area contributed by atoms with E-state index < -0.39 is 18.2 Å². The first-order valence-electron chi connectivity index (χ1n) is 7.46. The van der Waals surface area contributed by atoms with Gasteiger partial charge in [0.1, 0.15) is 6.10 Å². The lowest BCUT2D eigenvalue weighted by atomic mass is 9.75. The normalized spacial score (nSPS) is 28.6. The number of rotatable bonds is 2. The molecule has 2 atom stereocenters. The molecule has 20 heavy (non-hydrogen) atoms. The number of carboxylic acids is 1. The summed E-state index contributed by atoms with van der Waals surface area (Å²) in [5.74, 6) is -0.351. The van der Waals surface area contributed by atoms with Gasteiger partial charge < -0.3 is 14.7 Å². The number of nitrogens with zero attached hydrogens (tertiary/aromatic N) is 1. The zero-order valence-corrected chi connectivity index (χ0v) is 12.6. The van der Waals surface area contributed by atoms with Crippen LogP contribution < -0.4 is 0 Å². The Bertz CT molecular complexity index is 380. The predicted molar refractivity (Wildman–Crippen MR) is 74.3 cm³/mol. The van der Waals surface area contributed by atoms with E-state index in [1.165, 1.54) is 0 Å². The molecule has 1 amide bonds. The van der Waals surface area contributed by atoms with Crippen molar-refractivity contribution in [1.82, 2.24) is 4.90 Å². The molecule has 2 rings (SSSR count). The van der Waals surface area contributed by atoms with Crippen molar-refractivity contribution in [3.8, 4) is 0 Å². The van der Waals surface area contributed by atoms with Gasteiger partial charge in [0, 0.05) is 13.1 Å². The second-order valence-corrected chi connectivity index (χ2v) is 6.99. The smallest absolute Gasteiger partial charge is 0.332 e. The standard InChI is InChI=1S/C15H25NO4/c1-15(2,3)10-6-8-16(9-7-10)13(17)11-4-5-12(20-11)14(18)19/h10-12H,4-9H2,1-3H3,(H,18,19). The second kappa shape index (κ2) is 5.72. The first-order valence-corrected chi connectivity index (χ1v) is 7.46. The molecule has 114 valence electrons. The number of carboxylic acid groups (broad SMARTS) is 1. The van der Waals surface area contributed by atoms with Crippen molar-refractivity contribution in [1.29, 1.82) is 0 Å². The molecular formula is C15H25NO4. The Morgan fingerprint density at radius 1 is 1.05 bits per heavy atom. The van der Waals surface area contributed by atoms with Crippen molar-refractivity contribution in [2.45, 2.75) is 58.7 Å². The van der Waals surface area contributed by atoms with Crippen molar-refractivity contribution >= 4 is 11.9 Å². The van der Waals surface area contributed by atoms with Crippen LogP contribution in [0, 0.1) is 11.3 Å². The minimum atomic E-state index is -0.966. The van der Waals surface area contributed by atoms with E-state index in [0.29, 0.717) is 18.8 Å². The van der Waals surface area contributed by atoms with Crippen LogP contribution in [0.15, 0.2) is 0 Å². The van der Waals surface area contributed by atoms with Crippen LogP contribution in [0.1, 0.15) is 46.5 Å². The van der Waals surface area contributed by atoms with Gasteiger partial charge in [-0.15, -0.1) is 0 Å². The van der Waals surface area contributed by atoms with E-state index >= 15 is 0 Å². The molecule has 0 radical (unpaired) electrons. The van der Waals surface area contributed by atoms with Crippen LogP contribution in [0.25, 0.3) is 0 Å². The SMILES string of the molecule is CC(C)(C)C1CCN(C(=O)C2CCC(C(=O)O)O2)CC1. The van der Waals surface area contributed by atoms with Crippen molar-refractivity contribution in [3.05, 3.63) is 0 Å². The van der Waals surface area contributed by atoms with Crippen LogP contribution in [0.4, 0.5) is 0 Å². The van der Waals surface area contributed by atoms with Crippen LogP contribution in [0.5, 0.6) is 0 Å². The van der Waals surface area contributed by atoms with Crippen LogP contribution in [-0.2, 0) is 14.3 Å². The third-order valence-electron chi connectivity index (χ3n) is 4.60. The molecule has 0 spiro atoms. The summed E-state index contributed by atoms with van der Waals surface area (Å²) in [6.07, 6.45) is 1.63. The zero-order valence-electron chi connectivity index (χ0n) is 12.6. The van der Waals surface area contributed by atoms with Gasteiger partial charge >= 0.3 is 5.97 Å². The number of carbonyl (C=O) groups is 2. The van der Waals surface area contributed by atoms with Crippen LogP contribution in [-0.4, -0.2) is 47.2 Å². The Labute approximate surface area is 120 Å². The zero-order chi connectivity index (χ0) is 14.9. The van der Waals surface area contributed by atoms with Gasteiger partial charge in [-0.1, -0.05) is 20.8 Å². The number of ether oxygens (including phenoxy) is 1. The number of amides is 1. The maximum absolute atomic E-state index is 12.3. The van der Waals surface area contributed by atoms with E-state index in [1.807, 2.05) is 4.90 Å². The molecule has 0 aromatic rings. The van der Waals surface area contributed by atoms with E-state index in [2.05, 4.69) is 20.8 Å². The van der Waals surface area contributed by atoms with E-state index in [9.17, 15) is 9.59 Å². The largest absolute Gasteiger partial charge is 0.479 e. The molecule has 0 aliphatic carbocycles. The fourth-order valence-electron chi connectivity index (χ4n) is 3.17. The molecule has 2 aliphatic heterocycles. The van der Waals surface area contributed by atoms with Gasteiger partial charge in [0.15, 0.2) is 6.10 Å². The average Bonchev–Trinajstić information content (AvgIpc) is 2.86. The molecule has 2 heterocycles. The fourth-order valence-corrected chi connectivity index (χ4v) is 3.17. The van der Waals surface area contributed by atoms with E-state index in [4.69, 9.17) is 9.84 Å². The summed E-state index contributed by atoms with van der Waals surface area (Å²) >= 11 is 0. The van der Waals surface area contributed by atoms with Crippen LogP contribution in [0.2, 0.25) is 0 Å². The molecule has 0 aromatic carbocycles. The van der Waals surface area contributed by atoms with Gasteiger partial charge in [0.2, 0.25) is 0 Å². The number of likely N-dealkylation sites (tertiary alicyclic amines) is 1. The monoisotopic (exact) mass is 283 g/mol. The highest BCUT2D eigenvalue weighted by Gasteiger charge is 2.38. The fraction of sp³-hybridized carbons (Fsp3) is 0.867. The van der Waals surface area contributed by atoms with E-state index in [0.717, 1.165) is 25.9 Å². The molecular weight excluding hydrogens is 258 g/mol. The molecule has 0 bridgehead atoms. The highest BCUT2D eigenvalue weighted by molar-refractivity contribution is 5.82. The first-order chi connectivity index (χ1) is 9.29. The Balaban J connectivity index is 1.85. The molecule has 2 saturated heterocycles. The molecule has 0 aromatic heterocycles. The lowest BCUT2D eigenvalue weighted by Crippen LogP contribution is -2.45. The van der Waals surface area contributed by atoms with Gasteiger partial charge in [-0.25, -0.2) is 4.79 Å². The summed E-state index contributed by atoms with van der Waals surface area (Å²) in [4.78, 5) is 25.0. The quantitative estimate of drug-likeness (QED) is 0.840. The van der Waals surface area contributed by atoms with Gasteiger partial charge in [0.25, 0.3) is 5.91 Å². The Morgan fingerprint density at radius 3 is 2.05 bits per heavy atom. The molecule has 5 nitrogen and oxygen atoms in total. The number of aliphatic carboxylic acids is 1. The first kappa shape index (κ1) is 15.3. The highest BCUT2D eigenvalue weighted by Crippen LogP contribution is 2.34. The molecule has 2 fully saturated rings. The van der Waals surface area contributed by atoms with E-state index in [-0.39, 0.29) is 11.3 Å². The Hall–Kier alpha value is -1.10. The minimum absolute atomic E-state index is 0.0268. The van der Waals surface area contributed by atoms with Gasteiger partial charge in [-0.05, 0) is 37.0 Å². The number of hydrogen-bond acceptors (Lipinski definition) is 3. The summed E-state index contributed by atoms with van der Waals surface area (Å²) in [6, 6.07) is 0. The average molecular weight is 283 g/mol. The number of hydrogen-bond donors (Lipinski definition) is 1. The maximum Gasteiger partial charge on any atom is 0.332 e. The number of piperidine rings is 1. The summed E-state index contributed by atoms with van der Waals surface area (Å²) in [5.41, 5.74) is 0.285. The van der Waals surface area contributed by atoms with Gasteiger partial charge in [-0.3, -0.25) is 4.79 Å². The topological polar surface area (TPSA) is 66.8 Å². The second-order valence-electron chi connectivity index (χ2n) is 6.99. The van der Waals surface area contributed by atoms with E-state index in [1.54, 1.807) is 0 Å². The van der Waals surface area contributed by atoms with Crippen molar-refractivity contribution in [3.63, 3.8) is 0 Å². The van der Waals surface area contributed by atoms with Gasteiger partial charge in [-0.2, -0.15) is 0 Å². The third kappa shape index (κ3) is 3.32. The molecule has 2 unspecified atom stereocenters. The maximum atomic E-state index is 12.3. The Kier molecular flexibility index (Phi) is 4.37. The highest BCUT2D eigenvalue weighted by atomic mass is 16.5. The summed E-state index contributed by atoms with van der Waals surface area (Å²) in [7, 11) is 0. The molecule has 0 saturated carbocycles. The van der Waals surface area contributed by atoms with Crippen molar-refractivity contribution in [2.75, 3.05) is 13.1 Å². The van der Waals surface area contributed by atoms with Crippen LogP contribution >= 0.6 is 0 Å². The number of carbonyl (C=O) groups excluding carboxylic acids is 1. The molecule has 5 heteroatoms. The predicted octanol–water partition coefficient (Wildman–Crippen LogP) is 1.90. The third-order valence-corrected chi connectivity index (χ3v) is 4.60. The molecule has 2 aliphatic rings. The van der Waals surface area contributed by atoms with Crippen molar-refractivity contribution < 1.29 is 19.4 Å². The lowest BCUT2D eigenvalue weighted by Gasteiger charge is -2.39.